The predicted octanol–water partition coefficient (Wildman–Crippen LogP) is 4.68. The minimum Gasteiger partial charge on any atom is -0.487 e. The lowest BCUT2D eigenvalue weighted by molar-refractivity contribution is -0.141. The summed E-state index contributed by atoms with van der Waals surface area (Å²) in [4.78, 5) is 11.0. The summed E-state index contributed by atoms with van der Waals surface area (Å²) >= 11 is 5.96. The average Bonchev–Trinajstić information content (AvgIpc) is 3.02. The molecule has 0 radical (unpaired) electrons. The van der Waals surface area contributed by atoms with Crippen molar-refractivity contribution in [3.63, 3.8) is 0 Å². The number of carboxylic acid groups (broad SMARTS) is 1. The van der Waals surface area contributed by atoms with Gasteiger partial charge in [0.15, 0.2) is 0 Å². The molecule has 0 saturated heterocycles. The Morgan fingerprint density at radius 3 is 2.48 bits per heavy atom. The van der Waals surface area contributed by atoms with E-state index in [1.54, 1.807) is 6.92 Å². The maximum atomic E-state index is 11.0. The first kappa shape index (κ1) is 19.0. The van der Waals surface area contributed by atoms with Gasteiger partial charge in [0.05, 0.1) is 23.0 Å². The fourth-order valence-electron chi connectivity index (χ4n) is 2.78. The van der Waals surface area contributed by atoms with E-state index < -0.39 is 11.9 Å². The first-order valence-electron chi connectivity index (χ1n) is 8.68. The molecule has 0 bridgehead atoms. The monoisotopic (exact) mass is 384 g/mol. The highest BCUT2D eigenvalue weighted by Crippen LogP contribution is 2.19. The molecular weight excluding hydrogens is 364 g/mol. The average molecular weight is 385 g/mol. The van der Waals surface area contributed by atoms with Crippen molar-refractivity contribution < 1.29 is 14.6 Å². The Balaban J connectivity index is 1.68. The number of rotatable bonds is 7. The number of aryl methyl sites for hydroxylation is 1. The summed E-state index contributed by atoms with van der Waals surface area (Å²) in [7, 11) is 0. The lowest BCUT2D eigenvalue weighted by atomic mass is 10.0. The summed E-state index contributed by atoms with van der Waals surface area (Å²) in [6.07, 6.45) is 0.498. The topological polar surface area (TPSA) is 64.3 Å². The van der Waals surface area contributed by atoms with Gasteiger partial charge in [-0.2, -0.15) is 5.10 Å². The number of aliphatic carboxylic acids is 1. The molecule has 1 heterocycles. The lowest BCUT2D eigenvalue weighted by Crippen LogP contribution is -2.12. The Bertz CT molecular complexity index is 918. The van der Waals surface area contributed by atoms with Crippen LogP contribution in [0.1, 0.15) is 23.9 Å². The molecule has 1 unspecified atom stereocenters. The van der Waals surface area contributed by atoms with Crippen LogP contribution in [0.4, 0.5) is 0 Å². The third kappa shape index (κ3) is 4.89. The third-order valence-corrected chi connectivity index (χ3v) is 4.50. The molecule has 1 atom stereocenters. The highest BCUT2D eigenvalue weighted by atomic mass is 35.5. The van der Waals surface area contributed by atoms with Gasteiger partial charge >= 0.3 is 5.97 Å². The van der Waals surface area contributed by atoms with Crippen molar-refractivity contribution in [2.45, 2.75) is 26.9 Å². The molecule has 2 aromatic carbocycles. The molecule has 6 heteroatoms. The Hall–Kier alpha value is -2.79. The van der Waals surface area contributed by atoms with E-state index in [0.717, 1.165) is 28.4 Å². The number of hydrogen-bond acceptors (Lipinski definition) is 3. The first-order valence-corrected chi connectivity index (χ1v) is 9.06. The standard InChI is InChI=1S/C21H21ClN2O3/c1-14(21(25)26)11-16-3-9-20(10-4-16)27-13-19-12-15(2)23-24(19)18-7-5-17(22)6-8-18/h3-10,12,14H,11,13H2,1-2H3,(H,25,26). The van der Waals surface area contributed by atoms with Crippen LogP contribution in [0.2, 0.25) is 5.02 Å². The second-order valence-electron chi connectivity index (χ2n) is 6.54. The van der Waals surface area contributed by atoms with Crippen molar-refractivity contribution in [1.29, 1.82) is 0 Å². The van der Waals surface area contributed by atoms with Gasteiger partial charge < -0.3 is 9.84 Å². The van der Waals surface area contributed by atoms with Crippen molar-refractivity contribution >= 4 is 17.6 Å². The Morgan fingerprint density at radius 1 is 1.19 bits per heavy atom. The summed E-state index contributed by atoms with van der Waals surface area (Å²) in [5.41, 5.74) is 3.73. The van der Waals surface area contributed by atoms with Crippen LogP contribution < -0.4 is 4.74 Å². The fourth-order valence-corrected chi connectivity index (χ4v) is 2.91. The van der Waals surface area contributed by atoms with E-state index >= 15 is 0 Å². The molecule has 0 saturated carbocycles. The second kappa shape index (κ2) is 8.27. The number of carboxylic acids is 1. The number of halogens is 1. The van der Waals surface area contributed by atoms with Gasteiger partial charge in [-0.15, -0.1) is 0 Å². The minimum absolute atomic E-state index is 0.369. The van der Waals surface area contributed by atoms with Crippen molar-refractivity contribution in [2.24, 2.45) is 5.92 Å². The van der Waals surface area contributed by atoms with E-state index in [2.05, 4.69) is 5.10 Å². The zero-order valence-corrected chi connectivity index (χ0v) is 16.0. The zero-order valence-electron chi connectivity index (χ0n) is 15.2. The largest absolute Gasteiger partial charge is 0.487 e. The van der Waals surface area contributed by atoms with Crippen LogP contribution in [-0.2, 0) is 17.8 Å². The molecule has 0 aliphatic rings. The second-order valence-corrected chi connectivity index (χ2v) is 6.98. The van der Waals surface area contributed by atoms with Crippen LogP contribution in [0.25, 0.3) is 5.69 Å². The van der Waals surface area contributed by atoms with Crippen LogP contribution in [-0.4, -0.2) is 20.9 Å². The lowest BCUT2D eigenvalue weighted by Gasteiger charge is -2.11. The van der Waals surface area contributed by atoms with Gasteiger partial charge in [0, 0.05) is 5.02 Å². The molecule has 0 aliphatic heterocycles. The number of hydrogen-bond donors (Lipinski definition) is 1. The van der Waals surface area contributed by atoms with Gasteiger partial charge in [0.2, 0.25) is 0 Å². The van der Waals surface area contributed by atoms with E-state index in [-0.39, 0.29) is 0 Å². The van der Waals surface area contributed by atoms with E-state index in [9.17, 15) is 4.79 Å². The van der Waals surface area contributed by atoms with Crippen molar-refractivity contribution in [3.8, 4) is 11.4 Å². The van der Waals surface area contributed by atoms with E-state index in [4.69, 9.17) is 21.4 Å². The normalized spacial score (nSPS) is 12.0. The zero-order chi connectivity index (χ0) is 19.4. The molecule has 0 fully saturated rings. The highest BCUT2D eigenvalue weighted by molar-refractivity contribution is 6.30. The molecule has 0 amide bonds. The maximum absolute atomic E-state index is 11.0. The Kier molecular flexibility index (Phi) is 5.81. The van der Waals surface area contributed by atoms with Crippen LogP contribution in [0.15, 0.2) is 54.6 Å². The van der Waals surface area contributed by atoms with Crippen LogP contribution in [0.5, 0.6) is 5.75 Å². The summed E-state index contributed by atoms with van der Waals surface area (Å²) in [5, 5.41) is 14.2. The van der Waals surface area contributed by atoms with Crippen LogP contribution in [0.3, 0.4) is 0 Å². The summed E-state index contributed by atoms with van der Waals surface area (Å²) < 4.78 is 7.74. The van der Waals surface area contributed by atoms with Crippen molar-refractivity contribution in [2.75, 3.05) is 0 Å². The molecule has 0 aliphatic carbocycles. The SMILES string of the molecule is Cc1cc(COc2ccc(CC(C)C(=O)O)cc2)n(-c2ccc(Cl)cc2)n1. The van der Waals surface area contributed by atoms with E-state index in [0.29, 0.717) is 18.1 Å². The van der Waals surface area contributed by atoms with Crippen LogP contribution >= 0.6 is 11.6 Å². The maximum Gasteiger partial charge on any atom is 0.306 e. The summed E-state index contributed by atoms with van der Waals surface area (Å²) in [6.45, 7) is 4.01. The summed E-state index contributed by atoms with van der Waals surface area (Å²) in [5.74, 6) is -0.474. The number of ether oxygens (including phenoxy) is 1. The van der Waals surface area contributed by atoms with Gasteiger partial charge in [-0.1, -0.05) is 30.7 Å². The molecule has 3 rings (SSSR count). The quantitative estimate of drug-likeness (QED) is 0.642. The minimum atomic E-state index is -0.791. The molecular formula is C21H21ClN2O3. The van der Waals surface area contributed by atoms with Crippen molar-refractivity contribution in [3.05, 3.63) is 76.6 Å². The van der Waals surface area contributed by atoms with Gasteiger partial charge in [-0.3, -0.25) is 4.79 Å². The Morgan fingerprint density at radius 2 is 1.85 bits per heavy atom. The number of nitrogens with zero attached hydrogens (tertiary/aromatic N) is 2. The van der Waals surface area contributed by atoms with E-state index in [1.807, 2.05) is 66.2 Å². The molecule has 140 valence electrons. The number of benzene rings is 2. The smallest absolute Gasteiger partial charge is 0.306 e. The van der Waals surface area contributed by atoms with Gasteiger partial charge in [-0.25, -0.2) is 4.68 Å². The van der Waals surface area contributed by atoms with Gasteiger partial charge in [0.1, 0.15) is 12.4 Å². The predicted molar refractivity (Wildman–Crippen MR) is 105 cm³/mol. The third-order valence-electron chi connectivity index (χ3n) is 4.25. The molecule has 3 aromatic rings. The van der Waals surface area contributed by atoms with Crippen molar-refractivity contribution in [1.82, 2.24) is 9.78 Å². The first-order chi connectivity index (χ1) is 12.9. The van der Waals surface area contributed by atoms with E-state index in [1.165, 1.54) is 0 Å². The molecule has 27 heavy (non-hydrogen) atoms. The fraction of sp³-hybridized carbons (Fsp3) is 0.238. The van der Waals surface area contributed by atoms with Gasteiger partial charge in [-0.05, 0) is 61.4 Å². The molecule has 1 N–H and O–H groups in total. The molecule has 0 spiro atoms. The molecule has 1 aromatic heterocycles. The Labute approximate surface area is 163 Å². The number of carbonyl (C=O) groups is 1. The molecule has 5 nitrogen and oxygen atoms in total. The summed E-state index contributed by atoms with van der Waals surface area (Å²) in [6, 6.07) is 17.0. The number of aromatic nitrogens is 2. The van der Waals surface area contributed by atoms with Gasteiger partial charge in [0.25, 0.3) is 0 Å². The van der Waals surface area contributed by atoms with Crippen LogP contribution in [0, 0.1) is 12.8 Å². The highest BCUT2D eigenvalue weighted by Gasteiger charge is 2.12.